The summed E-state index contributed by atoms with van der Waals surface area (Å²) < 4.78 is 0. The molecule has 23 heavy (non-hydrogen) atoms. The Balaban J connectivity index is 1.75. The minimum atomic E-state index is 0.299. The van der Waals surface area contributed by atoms with Gasteiger partial charge in [-0.05, 0) is 23.5 Å². The van der Waals surface area contributed by atoms with Crippen molar-refractivity contribution in [1.82, 2.24) is 0 Å². The van der Waals surface area contributed by atoms with E-state index in [1.54, 1.807) is 11.8 Å². The van der Waals surface area contributed by atoms with E-state index in [-0.39, 0.29) is 0 Å². The Morgan fingerprint density at radius 1 is 0.739 bits per heavy atom. The molecule has 0 aliphatic heterocycles. The predicted molar refractivity (Wildman–Crippen MR) is 95.1 cm³/mol. The van der Waals surface area contributed by atoms with E-state index >= 15 is 0 Å². The van der Waals surface area contributed by atoms with Crippen LogP contribution in [0.3, 0.4) is 0 Å². The first-order valence-corrected chi connectivity index (χ1v) is 8.42. The van der Waals surface area contributed by atoms with Crippen molar-refractivity contribution in [3.05, 3.63) is 76.7 Å². The second-order valence-electron chi connectivity index (χ2n) is 5.67. The lowest BCUT2D eigenvalue weighted by Gasteiger charge is -2.21. The Labute approximate surface area is 139 Å². The third-order valence-electron chi connectivity index (χ3n) is 4.25. The number of fused-ring (bicyclic) bond motifs is 2. The van der Waals surface area contributed by atoms with E-state index in [1.807, 2.05) is 42.5 Å². The fourth-order valence-corrected chi connectivity index (χ4v) is 4.08. The topological polar surface area (TPSA) is 40.5 Å². The van der Waals surface area contributed by atoms with Crippen molar-refractivity contribution >= 4 is 22.5 Å². The van der Waals surface area contributed by atoms with E-state index in [0.717, 1.165) is 21.9 Å². The molecule has 2 N–H and O–H groups in total. The molecule has 0 bridgehead atoms. The molecule has 2 nitrogen and oxygen atoms in total. The highest BCUT2D eigenvalue weighted by Crippen LogP contribution is 2.44. The van der Waals surface area contributed by atoms with Crippen LogP contribution in [0.4, 0.5) is 0 Å². The number of benzene rings is 3. The zero-order valence-corrected chi connectivity index (χ0v) is 13.3. The molecule has 0 amide bonds. The zero-order valence-electron chi connectivity index (χ0n) is 12.5. The van der Waals surface area contributed by atoms with Gasteiger partial charge in [-0.3, -0.25) is 0 Å². The van der Waals surface area contributed by atoms with Crippen LogP contribution in [0, 0.1) is 0 Å². The van der Waals surface area contributed by atoms with Gasteiger partial charge in [0.1, 0.15) is 11.5 Å². The maximum atomic E-state index is 10.7. The number of phenols is 2. The highest BCUT2D eigenvalue weighted by Gasteiger charge is 2.22. The van der Waals surface area contributed by atoms with E-state index in [0.29, 0.717) is 24.3 Å². The molecular weight excluding hydrogens is 304 g/mol. The van der Waals surface area contributed by atoms with Gasteiger partial charge in [-0.2, -0.15) is 0 Å². The van der Waals surface area contributed by atoms with Crippen LogP contribution < -0.4 is 0 Å². The third-order valence-corrected chi connectivity index (χ3v) is 5.33. The number of hydrogen-bond acceptors (Lipinski definition) is 3. The molecule has 1 aliphatic rings. The standard InChI is InChI=1S/C20H16O2S/c21-19-15-8-4-5-9-16(15)20(22)18-12-14(10-11-17(18)19)23-13-6-2-1-3-7-13/h1-10,21-22H,11-12H2. The first-order chi connectivity index (χ1) is 11.2. The van der Waals surface area contributed by atoms with Gasteiger partial charge in [-0.15, -0.1) is 0 Å². The highest BCUT2D eigenvalue weighted by molar-refractivity contribution is 8.03. The summed E-state index contributed by atoms with van der Waals surface area (Å²) in [5, 5.41) is 22.6. The number of phenolic OH excluding ortho intramolecular Hbond substituents is 2. The number of thioether (sulfide) groups is 1. The van der Waals surface area contributed by atoms with Gasteiger partial charge in [-0.1, -0.05) is 60.3 Å². The first kappa shape index (κ1) is 14.2. The number of allylic oxidation sites excluding steroid dienone is 2. The van der Waals surface area contributed by atoms with E-state index < -0.39 is 0 Å². The van der Waals surface area contributed by atoms with Crippen LogP contribution in [0.1, 0.15) is 11.1 Å². The van der Waals surface area contributed by atoms with Gasteiger partial charge >= 0.3 is 0 Å². The minimum Gasteiger partial charge on any atom is -0.507 e. The van der Waals surface area contributed by atoms with Gasteiger partial charge in [0.05, 0.1) is 0 Å². The van der Waals surface area contributed by atoms with Crippen molar-refractivity contribution in [2.24, 2.45) is 0 Å². The van der Waals surface area contributed by atoms with Gasteiger partial charge in [0, 0.05) is 33.2 Å². The Morgan fingerprint density at radius 3 is 2.04 bits per heavy atom. The summed E-state index contributed by atoms with van der Waals surface area (Å²) in [6, 6.07) is 17.7. The van der Waals surface area contributed by atoms with Gasteiger partial charge in [0.25, 0.3) is 0 Å². The molecule has 4 rings (SSSR count). The fraction of sp³-hybridized carbons (Fsp3) is 0.100. The maximum absolute atomic E-state index is 10.7. The summed E-state index contributed by atoms with van der Waals surface area (Å²) in [6.45, 7) is 0. The van der Waals surface area contributed by atoms with Crippen molar-refractivity contribution in [1.29, 1.82) is 0 Å². The second-order valence-corrected chi connectivity index (χ2v) is 6.87. The summed E-state index contributed by atoms with van der Waals surface area (Å²) >= 11 is 1.72. The molecule has 0 fully saturated rings. The maximum Gasteiger partial charge on any atom is 0.127 e. The lowest BCUT2D eigenvalue weighted by atomic mass is 9.91. The van der Waals surface area contributed by atoms with Crippen LogP contribution >= 0.6 is 11.8 Å². The van der Waals surface area contributed by atoms with Gasteiger partial charge < -0.3 is 10.2 Å². The largest absolute Gasteiger partial charge is 0.507 e. The van der Waals surface area contributed by atoms with Crippen LogP contribution in [0.2, 0.25) is 0 Å². The first-order valence-electron chi connectivity index (χ1n) is 7.60. The van der Waals surface area contributed by atoms with Crippen molar-refractivity contribution in [3.63, 3.8) is 0 Å². The Morgan fingerprint density at radius 2 is 1.35 bits per heavy atom. The molecule has 0 saturated heterocycles. The quantitative estimate of drug-likeness (QED) is 0.651. The van der Waals surface area contributed by atoms with Gasteiger partial charge in [0.2, 0.25) is 0 Å². The third kappa shape index (κ3) is 2.47. The Hall–Kier alpha value is -2.39. The molecule has 0 spiro atoms. The second kappa shape index (κ2) is 5.67. The molecule has 0 aromatic heterocycles. The molecule has 3 aromatic carbocycles. The SMILES string of the molecule is Oc1c2c(c(O)c3ccccc13)CC(Sc1ccccc1)=CC2. The number of hydrogen-bond donors (Lipinski definition) is 2. The molecule has 0 heterocycles. The van der Waals surface area contributed by atoms with Crippen LogP contribution in [-0.4, -0.2) is 10.2 Å². The van der Waals surface area contributed by atoms with Gasteiger partial charge in [-0.25, -0.2) is 0 Å². The lowest BCUT2D eigenvalue weighted by molar-refractivity contribution is 0.459. The summed E-state index contributed by atoms with van der Waals surface area (Å²) in [7, 11) is 0. The Kier molecular flexibility index (Phi) is 3.50. The average Bonchev–Trinajstić information content (AvgIpc) is 2.60. The van der Waals surface area contributed by atoms with Crippen LogP contribution in [0.15, 0.2) is 70.5 Å². The molecule has 0 atom stereocenters. The van der Waals surface area contributed by atoms with Crippen molar-refractivity contribution < 1.29 is 10.2 Å². The zero-order chi connectivity index (χ0) is 15.8. The van der Waals surface area contributed by atoms with Crippen molar-refractivity contribution in [3.8, 4) is 11.5 Å². The predicted octanol–water partition coefficient (Wildman–Crippen LogP) is 5.03. The lowest BCUT2D eigenvalue weighted by Crippen LogP contribution is -2.03. The normalized spacial score (nSPS) is 13.7. The summed E-state index contributed by atoms with van der Waals surface area (Å²) in [4.78, 5) is 2.39. The van der Waals surface area contributed by atoms with Crippen LogP contribution in [0.5, 0.6) is 11.5 Å². The monoisotopic (exact) mass is 320 g/mol. The fourth-order valence-electron chi connectivity index (χ4n) is 3.10. The summed E-state index contributed by atoms with van der Waals surface area (Å²) in [5.74, 6) is 0.598. The highest BCUT2D eigenvalue weighted by atomic mass is 32.2. The molecule has 114 valence electrons. The number of rotatable bonds is 2. The van der Waals surface area contributed by atoms with E-state index in [2.05, 4.69) is 18.2 Å². The smallest absolute Gasteiger partial charge is 0.127 e. The molecule has 3 heteroatoms. The molecular formula is C20H16O2S. The van der Waals surface area contributed by atoms with Crippen molar-refractivity contribution in [2.75, 3.05) is 0 Å². The van der Waals surface area contributed by atoms with Crippen molar-refractivity contribution in [2.45, 2.75) is 17.7 Å². The molecule has 0 saturated carbocycles. The summed E-state index contributed by atoms with van der Waals surface area (Å²) in [5.41, 5.74) is 1.70. The van der Waals surface area contributed by atoms with Crippen LogP contribution in [0.25, 0.3) is 10.8 Å². The number of aromatic hydroxyl groups is 2. The van der Waals surface area contributed by atoms with Crippen LogP contribution in [-0.2, 0) is 12.8 Å². The summed E-state index contributed by atoms with van der Waals surface area (Å²) in [6.07, 6.45) is 3.45. The van der Waals surface area contributed by atoms with E-state index in [1.165, 1.54) is 9.80 Å². The van der Waals surface area contributed by atoms with Gasteiger partial charge in [0.15, 0.2) is 0 Å². The molecule has 1 aliphatic carbocycles. The minimum absolute atomic E-state index is 0.299. The van der Waals surface area contributed by atoms with E-state index in [4.69, 9.17) is 0 Å². The van der Waals surface area contributed by atoms with E-state index in [9.17, 15) is 10.2 Å². The Bertz CT molecular complexity index is 914. The average molecular weight is 320 g/mol. The molecule has 0 unspecified atom stereocenters. The molecule has 0 radical (unpaired) electrons. The molecule has 3 aromatic rings.